The van der Waals surface area contributed by atoms with E-state index in [0.717, 1.165) is 17.8 Å². The zero-order valence-corrected chi connectivity index (χ0v) is 11.0. The highest BCUT2D eigenvalue weighted by Gasteiger charge is 2.20. The second-order valence-electron chi connectivity index (χ2n) is 3.92. The Bertz CT molecular complexity index is 650. The Hall–Kier alpha value is -2.41. The molecule has 7 heteroatoms. The van der Waals surface area contributed by atoms with Gasteiger partial charge in [0.15, 0.2) is 5.78 Å². The van der Waals surface area contributed by atoms with Crippen LogP contribution in [0.1, 0.15) is 20.7 Å². The first kappa shape index (κ1) is 14.0. The predicted octanol–water partition coefficient (Wildman–Crippen LogP) is 1.89. The third kappa shape index (κ3) is 2.77. The Labute approximate surface area is 118 Å². The molecule has 2 rings (SSSR count). The van der Waals surface area contributed by atoms with Gasteiger partial charge in [-0.2, -0.15) is 0 Å². The minimum Gasteiger partial charge on any atom is -0.492 e. The van der Waals surface area contributed by atoms with Gasteiger partial charge in [0.1, 0.15) is 0 Å². The van der Waals surface area contributed by atoms with Crippen LogP contribution in [-0.4, -0.2) is 36.8 Å². The summed E-state index contributed by atoms with van der Waals surface area (Å²) in [4.78, 5) is 23.6. The monoisotopic (exact) mass is 293 g/mol. The smallest absolute Gasteiger partial charge is 0.240 e. The van der Waals surface area contributed by atoms with Gasteiger partial charge in [-0.25, -0.2) is 0 Å². The number of ketones is 1. The van der Waals surface area contributed by atoms with Gasteiger partial charge in [0.2, 0.25) is 16.9 Å². The zero-order chi connectivity index (χ0) is 14.7. The summed E-state index contributed by atoms with van der Waals surface area (Å²) < 4.78 is 0.0942. The lowest BCUT2D eigenvalue weighted by molar-refractivity contribution is 0.0999. The molecule has 0 bridgehead atoms. The fourth-order valence-electron chi connectivity index (χ4n) is 1.55. The van der Waals surface area contributed by atoms with Crippen molar-refractivity contribution >= 4 is 22.7 Å². The summed E-state index contributed by atoms with van der Waals surface area (Å²) in [6.07, 6.45) is 0. The molecule has 0 spiro atoms. The quantitative estimate of drug-likeness (QED) is 0.588. The van der Waals surface area contributed by atoms with Gasteiger partial charge >= 0.3 is 0 Å². The van der Waals surface area contributed by atoms with Gasteiger partial charge in [0, 0.05) is 11.6 Å². The van der Waals surface area contributed by atoms with Gasteiger partial charge in [-0.05, 0) is 0 Å². The Balaban J connectivity index is 2.02. The first-order valence-corrected chi connectivity index (χ1v) is 6.57. The number of carbonyl (C=O) groups excluding carboxylic acids is 2. The Kier molecular flexibility index (Phi) is 3.99. The molecule has 104 valence electrons. The topological polar surface area (TPSA) is 99.8 Å². The molecule has 0 saturated heterocycles. The van der Waals surface area contributed by atoms with Crippen molar-refractivity contribution in [2.45, 2.75) is 0 Å². The van der Waals surface area contributed by atoms with Crippen LogP contribution < -0.4 is 0 Å². The van der Waals surface area contributed by atoms with Crippen LogP contribution in [0.5, 0.6) is 11.8 Å². The van der Waals surface area contributed by atoms with Gasteiger partial charge in [-0.1, -0.05) is 42.1 Å². The SMILES string of the molecule is O=C(SCC(=O)c1cc(O)n(O)c1O)c1ccccc1. The molecule has 0 aliphatic heterocycles. The highest BCUT2D eigenvalue weighted by molar-refractivity contribution is 8.14. The van der Waals surface area contributed by atoms with Crippen LogP contribution in [0.4, 0.5) is 0 Å². The molecule has 1 heterocycles. The first-order valence-electron chi connectivity index (χ1n) is 5.59. The summed E-state index contributed by atoms with van der Waals surface area (Å²) in [5, 5.41) is 27.4. The molecule has 0 radical (unpaired) electrons. The number of Topliss-reactive ketones (excluding diaryl/α,β-unsaturated/α-hetero) is 1. The normalized spacial score (nSPS) is 10.4. The standard InChI is InChI=1S/C13H11NO5S/c15-10(9-6-11(16)14(19)12(9)17)7-20-13(18)8-4-2-1-3-5-8/h1-6,16-17,19H,7H2. The van der Waals surface area contributed by atoms with Crippen LogP contribution in [0, 0.1) is 0 Å². The summed E-state index contributed by atoms with van der Waals surface area (Å²) in [7, 11) is 0. The lowest BCUT2D eigenvalue weighted by atomic mass is 10.2. The summed E-state index contributed by atoms with van der Waals surface area (Å²) in [6.45, 7) is 0. The molecular weight excluding hydrogens is 282 g/mol. The van der Waals surface area contributed by atoms with Crippen LogP contribution in [0.2, 0.25) is 0 Å². The van der Waals surface area contributed by atoms with Crippen LogP contribution in [0.15, 0.2) is 36.4 Å². The second-order valence-corrected chi connectivity index (χ2v) is 4.87. The van der Waals surface area contributed by atoms with Crippen LogP contribution in [-0.2, 0) is 0 Å². The van der Waals surface area contributed by atoms with E-state index in [1.165, 1.54) is 0 Å². The number of hydrogen-bond acceptors (Lipinski definition) is 6. The van der Waals surface area contributed by atoms with E-state index in [1.54, 1.807) is 30.3 Å². The van der Waals surface area contributed by atoms with Crippen LogP contribution >= 0.6 is 11.8 Å². The third-order valence-electron chi connectivity index (χ3n) is 2.58. The van der Waals surface area contributed by atoms with E-state index in [9.17, 15) is 14.7 Å². The van der Waals surface area contributed by atoms with Crippen LogP contribution in [0.25, 0.3) is 0 Å². The Morgan fingerprint density at radius 3 is 2.35 bits per heavy atom. The van der Waals surface area contributed by atoms with Crippen molar-refractivity contribution in [1.82, 2.24) is 4.73 Å². The number of aromatic hydroxyl groups is 2. The molecule has 0 fully saturated rings. The highest BCUT2D eigenvalue weighted by Crippen LogP contribution is 2.27. The van der Waals surface area contributed by atoms with E-state index in [-0.39, 0.29) is 21.2 Å². The maximum absolute atomic E-state index is 11.8. The van der Waals surface area contributed by atoms with Crippen molar-refractivity contribution in [1.29, 1.82) is 0 Å². The van der Waals surface area contributed by atoms with E-state index >= 15 is 0 Å². The molecule has 3 N–H and O–H groups in total. The minimum atomic E-state index is -0.750. The Morgan fingerprint density at radius 2 is 1.80 bits per heavy atom. The average Bonchev–Trinajstić information content (AvgIpc) is 2.73. The number of hydrogen-bond donors (Lipinski definition) is 3. The molecule has 1 aromatic carbocycles. The molecule has 20 heavy (non-hydrogen) atoms. The number of aromatic nitrogens is 1. The molecule has 1 aromatic heterocycles. The molecule has 0 aliphatic rings. The largest absolute Gasteiger partial charge is 0.492 e. The van der Waals surface area contributed by atoms with Crippen molar-refractivity contribution in [3.05, 3.63) is 47.5 Å². The zero-order valence-electron chi connectivity index (χ0n) is 10.2. The lowest BCUT2D eigenvalue weighted by Gasteiger charge is -2.00. The third-order valence-corrected chi connectivity index (χ3v) is 3.48. The fourth-order valence-corrected chi connectivity index (χ4v) is 2.27. The van der Waals surface area contributed by atoms with Gasteiger partial charge < -0.3 is 15.4 Å². The molecular formula is C13H11NO5S. The first-order chi connectivity index (χ1) is 9.50. The van der Waals surface area contributed by atoms with Gasteiger partial charge in [0.05, 0.1) is 11.3 Å². The van der Waals surface area contributed by atoms with Crippen molar-refractivity contribution in [3.63, 3.8) is 0 Å². The van der Waals surface area contributed by atoms with Crippen molar-refractivity contribution in [2.75, 3.05) is 5.75 Å². The predicted molar refractivity (Wildman–Crippen MR) is 72.5 cm³/mol. The van der Waals surface area contributed by atoms with Crippen molar-refractivity contribution in [2.24, 2.45) is 0 Å². The number of benzene rings is 1. The molecule has 2 aromatic rings. The van der Waals surface area contributed by atoms with Crippen LogP contribution in [0.3, 0.4) is 0 Å². The van der Waals surface area contributed by atoms with E-state index in [4.69, 9.17) is 10.3 Å². The van der Waals surface area contributed by atoms with E-state index in [0.29, 0.717) is 5.56 Å². The molecule has 0 unspecified atom stereocenters. The van der Waals surface area contributed by atoms with Gasteiger partial charge in [0.25, 0.3) is 0 Å². The van der Waals surface area contributed by atoms with Gasteiger partial charge in [-0.15, -0.1) is 4.73 Å². The van der Waals surface area contributed by atoms with Crippen molar-refractivity contribution < 1.29 is 25.0 Å². The highest BCUT2D eigenvalue weighted by atomic mass is 32.2. The summed E-state index contributed by atoms with van der Waals surface area (Å²) in [5.41, 5.74) is 0.232. The summed E-state index contributed by atoms with van der Waals surface area (Å²) in [5.74, 6) is -2.17. The molecule has 0 atom stereocenters. The number of carbonyl (C=O) groups is 2. The van der Waals surface area contributed by atoms with Crippen molar-refractivity contribution in [3.8, 4) is 11.8 Å². The molecule has 0 aliphatic carbocycles. The fraction of sp³-hybridized carbons (Fsp3) is 0.0769. The maximum Gasteiger partial charge on any atom is 0.240 e. The lowest BCUT2D eigenvalue weighted by Crippen LogP contribution is -2.05. The maximum atomic E-state index is 11.8. The number of rotatable bonds is 4. The number of nitrogens with zero attached hydrogens (tertiary/aromatic N) is 1. The summed E-state index contributed by atoms with van der Waals surface area (Å²) in [6, 6.07) is 9.40. The molecule has 6 nitrogen and oxygen atoms in total. The van der Waals surface area contributed by atoms with E-state index < -0.39 is 17.5 Å². The van der Waals surface area contributed by atoms with E-state index in [2.05, 4.69) is 0 Å². The van der Waals surface area contributed by atoms with E-state index in [1.807, 2.05) is 0 Å². The number of thioether (sulfide) groups is 1. The minimum absolute atomic E-state index is 0.0942. The Morgan fingerprint density at radius 1 is 1.15 bits per heavy atom. The average molecular weight is 293 g/mol. The van der Waals surface area contributed by atoms with Gasteiger partial charge in [-0.3, -0.25) is 9.59 Å². The second kappa shape index (κ2) is 5.70. The molecule has 0 saturated carbocycles. The summed E-state index contributed by atoms with van der Waals surface area (Å²) >= 11 is 0.784. The molecule has 0 amide bonds.